The van der Waals surface area contributed by atoms with Crippen LogP contribution in [-0.2, 0) is 12.5 Å². The number of nitro benzene ring substituents is 1. The van der Waals surface area contributed by atoms with Crippen LogP contribution in [0.15, 0.2) is 42.5 Å². The fourth-order valence-corrected chi connectivity index (χ4v) is 2.00. The Bertz CT molecular complexity index is 645. The molecular formula is C15H14ClNO4. The zero-order chi connectivity index (χ0) is 15.2. The van der Waals surface area contributed by atoms with E-state index in [0.717, 1.165) is 5.56 Å². The number of benzene rings is 2. The van der Waals surface area contributed by atoms with Gasteiger partial charge in [-0.15, -0.1) is 11.6 Å². The standard InChI is InChI=1S/C15H14ClNO4/c1-20-14-6-5-11(9-16)8-15(14)21-10-12-3-2-4-13(7-12)17(18)19/h2-8H,9-10H2,1H3. The van der Waals surface area contributed by atoms with Crippen molar-refractivity contribution in [2.75, 3.05) is 7.11 Å². The number of nitro groups is 1. The molecule has 0 atom stereocenters. The van der Waals surface area contributed by atoms with Gasteiger partial charge in [0.1, 0.15) is 6.61 Å². The summed E-state index contributed by atoms with van der Waals surface area (Å²) < 4.78 is 10.9. The van der Waals surface area contributed by atoms with E-state index < -0.39 is 4.92 Å². The first-order valence-electron chi connectivity index (χ1n) is 6.23. The Morgan fingerprint density at radius 3 is 2.62 bits per heavy atom. The molecule has 0 heterocycles. The van der Waals surface area contributed by atoms with Crippen LogP contribution in [0.5, 0.6) is 11.5 Å². The smallest absolute Gasteiger partial charge is 0.269 e. The zero-order valence-corrected chi connectivity index (χ0v) is 12.2. The van der Waals surface area contributed by atoms with E-state index in [1.807, 2.05) is 6.07 Å². The highest BCUT2D eigenvalue weighted by Gasteiger charge is 2.09. The molecule has 2 aromatic carbocycles. The van der Waals surface area contributed by atoms with Gasteiger partial charge in [0.05, 0.1) is 12.0 Å². The average Bonchev–Trinajstić information content (AvgIpc) is 2.52. The number of non-ortho nitro benzene ring substituents is 1. The normalized spacial score (nSPS) is 10.2. The lowest BCUT2D eigenvalue weighted by Gasteiger charge is -2.11. The predicted octanol–water partition coefficient (Wildman–Crippen LogP) is 3.92. The van der Waals surface area contributed by atoms with Crippen molar-refractivity contribution < 1.29 is 14.4 Å². The van der Waals surface area contributed by atoms with Crippen molar-refractivity contribution >= 4 is 17.3 Å². The van der Waals surface area contributed by atoms with Gasteiger partial charge < -0.3 is 9.47 Å². The van der Waals surface area contributed by atoms with Crippen LogP contribution in [0.25, 0.3) is 0 Å². The maximum atomic E-state index is 10.7. The molecule has 0 bridgehead atoms. The number of ether oxygens (including phenoxy) is 2. The van der Waals surface area contributed by atoms with Gasteiger partial charge in [0, 0.05) is 18.0 Å². The first-order chi connectivity index (χ1) is 10.1. The Labute approximate surface area is 127 Å². The molecule has 0 spiro atoms. The minimum Gasteiger partial charge on any atom is -0.493 e. The lowest BCUT2D eigenvalue weighted by Crippen LogP contribution is -1.99. The van der Waals surface area contributed by atoms with Gasteiger partial charge in [0.25, 0.3) is 5.69 Å². The summed E-state index contributed by atoms with van der Waals surface area (Å²) in [6.07, 6.45) is 0. The first-order valence-corrected chi connectivity index (χ1v) is 6.76. The molecule has 0 aliphatic rings. The summed E-state index contributed by atoms with van der Waals surface area (Å²) in [7, 11) is 1.55. The Morgan fingerprint density at radius 1 is 1.14 bits per heavy atom. The van der Waals surface area contributed by atoms with Gasteiger partial charge in [-0.1, -0.05) is 18.2 Å². The van der Waals surface area contributed by atoms with E-state index in [1.165, 1.54) is 12.1 Å². The summed E-state index contributed by atoms with van der Waals surface area (Å²) in [4.78, 5) is 10.3. The van der Waals surface area contributed by atoms with Crippen LogP contribution in [-0.4, -0.2) is 12.0 Å². The van der Waals surface area contributed by atoms with E-state index in [4.69, 9.17) is 21.1 Å². The van der Waals surface area contributed by atoms with E-state index in [0.29, 0.717) is 22.9 Å². The topological polar surface area (TPSA) is 61.6 Å². The molecule has 0 aliphatic heterocycles. The van der Waals surface area contributed by atoms with Crippen LogP contribution in [0.1, 0.15) is 11.1 Å². The zero-order valence-electron chi connectivity index (χ0n) is 11.4. The maximum Gasteiger partial charge on any atom is 0.269 e. The molecule has 0 aliphatic carbocycles. The first kappa shape index (κ1) is 15.1. The molecule has 0 fully saturated rings. The Hall–Kier alpha value is -2.27. The second kappa shape index (κ2) is 6.95. The van der Waals surface area contributed by atoms with E-state index in [2.05, 4.69) is 0 Å². The van der Waals surface area contributed by atoms with Crippen molar-refractivity contribution in [2.24, 2.45) is 0 Å². The summed E-state index contributed by atoms with van der Waals surface area (Å²) in [5, 5.41) is 10.7. The highest BCUT2D eigenvalue weighted by atomic mass is 35.5. The van der Waals surface area contributed by atoms with Gasteiger partial charge in [-0.25, -0.2) is 0 Å². The third-order valence-corrected chi connectivity index (χ3v) is 3.21. The molecular weight excluding hydrogens is 294 g/mol. The largest absolute Gasteiger partial charge is 0.493 e. The van der Waals surface area contributed by atoms with Crippen LogP contribution in [0, 0.1) is 10.1 Å². The van der Waals surface area contributed by atoms with E-state index in [-0.39, 0.29) is 12.3 Å². The van der Waals surface area contributed by atoms with E-state index in [1.54, 1.807) is 31.4 Å². The molecule has 2 aromatic rings. The molecule has 2 rings (SSSR count). The second-order valence-corrected chi connectivity index (χ2v) is 4.60. The number of hydrogen-bond acceptors (Lipinski definition) is 4. The molecule has 0 unspecified atom stereocenters. The van der Waals surface area contributed by atoms with E-state index in [9.17, 15) is 10.1 Å². The lowest BCUT2D eigenvalue weighted by atomic mass is 10.2. The summed E-state index contributed by atoms with van der Waals surface area (Å²) in [6.45, 7) is 0.212. The van der Waals surface area contributed by atoms with Gasteiger partial charge >= 0.3 is 0 Å². The minimum absolute atomic E-state index is 0.0394. The Balaban J connectivity index is 2.15. The maximum absolute atomic E-state index is 10.7. The molecule has 0 radical (unpaired) electrons. The minimum atomic E-state index is -0.432. The van der Waals surface area contributed by atoms with Crippen molar-refractivity contribution in [1.82, 2.24) is 0 Å². The molecule has 6 heteroatoms. The highest BCUT2D eigenvalue weighted by molar-refractivity contribution is 6.17. The summed E-state index contributed by atoms with van der Waals surface area (Å²) in [5.41, 5.74) is 1.66. The number of alkyl halides is 1. The second-order valence-electron chi connectivity index (χ2n) is 4.33. The van der Waals surface area contributed by atoms with Gasteiger partial charge in [0.15, 0.2) is 11.5 Å². The predicted molar refractivity (Wildman–Crippen MR) is 80.0 cm³/mol. The SMILES string of the molecule is COc1ccc(CCl)cc1OCc1cccc([N+](=O)[O-])c1. The van der Waals surface area contributed by atoms with Crippen molar-refractivity contribution in [3.63, 3.8) is 0 Å². The van der Waals surface area contributed by atoms with Crippen LogP contribution in [0.3, 0.4) is 0 Å². The van der Waals surface area contributed by atoms with Crippen LogP contribution in [0.4, 0.5) is 5.69 Å². The lowest BCUT2D eigenvalue weighted by molar-refractivity contribution is -0.384. The third-order valence-electron chi connectivity index (χ3n) is 2.90. The molecule has 0 N–H and O–H groups in total. The number of halogens is 1. The van der Waals surface area contributed by atoms with Crippen molar-refractivity contribution in [2.45, 2.75) is 12.5 Å². The average molecular weight is 308 g/mol. The number of rotatable bonds is 6. The fourth-order valence-electron chi connectivity index (χ4n) is 1.84. The van der Waals surface area contributed by atoms with Crippen molar-refractivity contribution in [3.8, 4) is 11.5 Å². The van der Waals surface area contributed by atoms with Gasteiger partial charge in [-0.2, -0.15) is 0 Å². The Morgan fingerprint density at radius 2 is 1.95 bits per heavy atom. The summed E-state index contributed by atoms with van der Waals surface area (Å²) >= 11 is 5.80. The molecule has 21 heavy (non-hydrogen) atoms. The molecule has 0 amide bonds. The van der Waals surface area contributed by atoms with E-state index >= 15 is 0 Å². The van der Waals surface area contributed by atoms with Crippen LogP contribution in [0.2, 0.25) is 0 Å². The molecule has 0 saturated heterocycles. The summed E-state index contributed by atoms with van der Waals surface area (Å²) in [6, 6.07) is 11.7. The highest BCUT2D eigenvalue weighted by Crippen LogP contribution is 2.29. The van der Waals surface area contributed by atoms with Crippen LogP contribution >= 0.6 is 11.6 Å². The number of hydrogen-bond donors (Lipinski definition) is 0. The number of methoxy groups -OCH3 is 1. The summed E-state index contributed by atoms with van der Waals surface area (Å²) in [5.74, 6) is 1.52. The fraction of sp³-hybridized carbons (Fsp3) is 0.200. The third kappa shape index (κ3) is 3.86. The van der Waals surface area contributed by atoms with Crippen molar-refractivity contribution in [3.05, 3.63) is 63.7 Å². The van der Waals surface area contributed by atoms with Gasteiger partial charge in [0.2, 0.25) is 0 Å². The molecule has 0 aromatic heterocycles. The Kier molecular flexibility index (Phi) is 5.00. The van der Waals surface area contributed by atoms with Gasteiger partial charge in [-0.3, -0.25) is 10.1 Å². The van der Waals surface area contributed by atoms with Crippen LogP contribution < -0.4 is 9.47 Å². The van der Waals surface area contributed by atoms with Gasteiger partial charge in [-0.05, 0) is 23.3 Å². The molecule has 0 saturated carbocycles. The quantitative estimate of drug-likeness (QED) is 0.461. The molecule has 5 nitrogen and oxygen atoms in total. The van der Waals surface area contributed by atoms with Crippen molar-refractivity contribution in [1.29, 1.82) is 0 Å². The molecule has 110 valence electrons. The number of nitrogens with zero attached hydrogens (tertiary/aromatic N) is 1. The monoisotopic (exact) mass is 307 g/mol.